The molecule has 4 rings (SSSR count). The summed E-state index contributed by atoms with van der Waals surface area (Å²) < 4.78 is 0. The first-order chi connectivity index (χ1) is 15.5. The summed E-state index contributed by atoms with van der Waals surface area (Å²) in [5.41, 5.74) is 3.49. The van der Waals surface area contributed by atoms with E-state index in [1.165, 1.54) is 24.2 Å². The third-order valence-electron chi connectivity index (χ3n) is 5.30. The number of amides is 1. The summed E-state index contributed by atoms with van der Waals surface area (Å²) in [5, 5.41) is 3.19. The van der Waals surface area contributed by atoms with Gasteiger partial charge in [-0.05, 0) is 24.6 Å². The molecule has 1 aliphatic rings. The van der Waals surface area contributed by atoms with Crippen LogP contribution in [0.25, 0.3) is 0 Å². The summed E-state index contributed by atoms with van der Waals surface area (Å²) in [7, 11) is 0. The first kappa shape index (κ1) is 24.7. The van der Waals surface area contributed by atoms with Gasteiger partial charge in [0.2, 0.25) is 5.91 Å². The fraction of sp³-hybridized carbons (Fsp3) is 0.250. The van der Waals surface area contributed by atoms with E-state index in [9.17, 15) is 14.4 Å². The minimum Gasteiger partial charge on any atom is -0.325 e. The number of rotatable bonds is 7. The van der Waals surface area contributed by atoms with E-state index in [0.717, 1.165) is 18.8 Å². The number of aromatic nitrogens is 2. The lowest BCUT2D eigenvalue weighted by Gasteiger charge is -2.27. The van der Waals surface area contributed by atoms with Crippen molar-refractivity contribution >= 4 is 41.5 Å². The average molecular weight is 485 g/mol. The second-order valence-electron chi connectivity index (χ2n) is 7.68. The first-order valence-electron chi connectivity index (χ1n) is 10.4. The molecule has 2 N–H and O–H groups in total. The van der Waals surface area contributed by atoms with Crippen molar-refractivity contribution in [2.24, 2.45) is 0 Å². The molecule has 1 aliphatic heterocycles. The van der Waals surface area contributed by atoms with Gasteiger partial charge >= 0.3 is 0 Å². The Kier molecular flexibility index (Phi) is 8.43. The predicted octanol–water partition coefficient (Wildman–Crippen LogP) is 3.68. The normalized spacial score (nSPS) is 13.0. The molecule has 1 aromatic heterocycles. The second kappa shape index (κ2) is 11.3. The molecule has 1 amide bonds. The number of nitrogens with zero attached hydrogens (tertiary/aromatic N) is 2. The van der Waals surface area contributed by atoms with E-state index in [1.54, 1.807) is 24.3 Å². The van der Waals surface area contributed by atoms with Crippen molar-refractivity contribution in [2.75, 3.05) is 17.6 Å². The number of benzene rings is 2. The van der Waals surface area contributed by atoms with Gasteiger partial charge in [-0.1, -0.05) is 54.2 Å². The number of hydrogen-bond donors (Lipinski definition) is 2. The minimum atomic E-state index is -0.266. The molecular formula is C24H25ClN4O3S. The van der Waals surface area contributed by atoms with Gasteiger partial charge in [0.15, 0.2) is 10.9 Å². The Morgan fingerprint density at radius 3 is 2.61 bits per heavy atom. The maximum Gasteiger partial charge on any atom is 0.256 e. The van der Waals surface area contributed by atoms with Gasteiger partial charge < -0.3 is 10.3 Å². The van der Waals surface area contributed by atoms with E-state index in [-0.39, 0.29) is 35.4 Å². The predicted molar refractivity (Wildman–Crippen MR) is 132 cm³/mol. The number of ketones is 1. The zero-order valence-corrected chi connectivity index (χ0v) is 19.8. The molecule has 0 fully saturated rings. The number of fused-ring (bicyclic) bond motifs is 1. The molecular weight excluding hydrogens is 460 g/mol. The van der Waals surface area contributed by atoms with Crippen molar-refractivity contribution < 1.29 is 9.59 Å². The summed E-state index contributed by atoms with van der Waals surface area (Å²) >= 11 is 1.18. The summed E-state index contributed by atoms with van der Waals surface area (Å²) in [4.78, 5) is 46.4. The van der Waals surface area contributed by atoms with Crippen molar-refractivity contribution in [3.63, 3.8) is 0 Å². The number of anilines is 1. The van der Waals surface area contributed by atoms with Gasteiger partial charge in [0, 0.05) is 31.6 Å². The molecule has 33 heavy (non-hydrogen) atoms. The van der Waals surface area contributed by atoms with E-state index >= 15 is 0 Å². The first-order valence-corrected chi connectivity index (χ1v) is 11.4. The van der Waals surface area contributed by atoms with Crippen LogP contribution in [-0.4, -0.2) is 38.9 Å². The standard InChI is InChI=1S/C24H24N4O3S.ClH/c1-16(29)18-9-5-6-10-20(18)25-22(30)15-32-24-26-21-11-12-28(14-19(21)23(31)27-24)13-17-7-3-2-4-8-17;/h2-10H,11-15H2,1H3,(H,25,30)(H,26,27,31);1H. The van der Waals surface area contributed by atoms with Crippen LogP contribution in [0.4, 0.5) is 5.69 Å². The lowest BCUT2D eigenvalue weighted by molar-refractivity contribution is -0.113. The molecule has 0 saturated carbocycles. The topological polar surface area (TPSA) is 95.2 Å². The van der Waals surface area contributed by atoms with Gasteiger partial charge in [-0.3, -0.25) is 19.3 Å². The van der Waals surface area contributed by atoms with Crippen molar-refractivity contribution in [3.05, 3.63) is 87.3 Å². The number of halogens is 1. The van der Waals surface area contributed by atoms with Crippen molar-refractivity contribution in [3.8, 4) is 0 Å². The summed E-state index contributed by atoms with van der Waals surface area (Å²) in [6, 6.07) is 17.1. The largest absolute Gasteiger partial charge is 0.325 e. The van der Waals surface area contributed by atoms with Gasteiger partial charge in [-0.25, -0.2) is 4.98 Å². The molecule has 9 heteroatoms. The van der Waals surface area contributed by atoms with Gasteiger partial charge in [-0.2, -0.15) is 0 Å². The molecule has 172 valence electrons. The molecule has 0 saturated heterocycles. The van der Waals surface area contributed by atoms with Gasteiger partial charge in [-0.15, -0.1) is 12.4 Å². The number of carbonyl (C=O) groups excluding carboxylic acids is 2. The van der Waals surface area contributed by atoms with Crippen LogP contribution in [0.5, 0.6) is 0 Å². The summed E-state index contributed by atoms with van der Waals surface area (Å²) in [6.07, 6.45) is 0.692. The average Bonchev–Trinajstić information content (AvgIpc) is 2.79. The van der Waals surface area contributed by atoms with Crippen LogP contribution >= 0.6 is 24.2 Å². The zero-order chi connectivity index (χ0) is 22.5. The third kappa shape index (κ3) is 6.31. The van der Waals surface area contributed by atoms with Gasteiger partial charge in [0.1, 0.15) is 0 Å². The van der Waals surface area contributed by atoms with E-state index in [4.69, 9.17) is 0 Å². The molecule has 0 bridgehead atoms. The van der Waals surface area contributed by atoms with Crippen LogP contribution in [0.2, 0.25) is 0 Å². The van der Waals surface area contributed by atoms with Crippen LogP contribution in [-0.2, 0) is 24.3 Å². The number of thioether (sulfide) groups is 1. The Morgan fingerprint density at radius 1 is 1.12 bits per heavy atom. The van der Waals surface area contributed by atoms with E-state index < -0.39 is 0 Å². The van der Waals surface area contributed by atoms with Crippen molar-refractivity contribution in [1.29, 1.82) is 0 Å². The fourth-order valence-electron chi connectivity index (χ4n) is 3.72. The van der Waals surface area contributed by atoms with Crippen LogP contribution in [0.1, 0.15) is 34.1 Å². The highest BCUT2D eigenvalue weighted by Crippen LogP contribution is 2.20. The number of H-pyrrole nitrogens is 1. The lowest BCUT2D eigenvalue weighted by Crippen LogP contribution is -2.35. The van der Waals surface area contributed by atoms with E-state index in [0.29, 0.717) is 34.9 Å². The van der Waals surface area contributed by atoms with Crippen LogP contribution < -0.4 is 10.9 Å². The smallest absolute Gasteiger partial charge is 0.256 e. The number of Topliss-reactive ketones (excluding diaryl/α,β-unsaturated/α-hetero) is 1. The number of aromatic amines is 1. The third-order valence-corrected chi connectivity index (χ3v) is 6.17. The Balaban J connectivity index is 0.00000306. The lowest BCUT2D eigenvalue weighted by atomic mass is 10.1. The fourth-order valence-corrected chi connectivity index (χ4v) is 4.40. The summed E-state index contributed by atoms with van der Waals surface area (Å²) in [6.45, 7) is 3.63. The molecule has 0 spiro atoms. The van der Waals surface area contributed by atoms with Gasteiger partial charge in [0.05, 0.1) is 22.7 Å². The van der Waals surface area contributed by atoms with Crippen molar-refractivity contribution in [2.45, 2.75) is 31.6 Å². The van der Waals surface area contributed by atoms with Gasteiger partial charge in [0.25, 0.3) is 5.56 Å². The highest BCUT2D eigenvalue weighted by molar-refractivity contribution is 7.99. The second-order valence-corrected chi connectivity index (χ2v) is 8.65. The van der Waals surface area contributed by atoms with E-state index in [2.05, 4.69) is 32.3 Å². The highest BCUT2D eigenvalue weighted by Gasteiger charge is 2.21. The summed E-state index contributed by atoms with van der Waals surface area (Å²) in [5.74, 6) is -0.303. The van der Waals surface area contributed by atoms with Crippen LogP contribution in [0.3, 0.4) is 0 Å². The number of hydrogen-bond acceptors (Lipinski definition) is 6. The molecule has 3 aromatic rings. The number of carbonyl (C=O) groups is 2. The molecule has 2 heterocycles. The highest BCUT2D eigenvalue weighted by atomic mass is 35.5. The number of nitrogens with one attached hydrogen (secondary N) is 2. The SMILES string of the molecule is CC(=O)c1ccccc1NC(=O)CSc1nc2c(c(=O)[nH]1)CN(Cc1ccccc1)CC2.Cl. The Bertz CT molecular complexity index is 1200. The maximum atomic E-state index is 12.7. The van der Waals surface area contributed by atoms with E-state index in [1.807, 2.05) is 18.2 Å². The molecule has 0 radical (unpaired) electrons. The Hall–Kier alpha value is -2.94. The molecule has 0 unspecified atom stereocenters. The molecule has 0 aliphatic carbocycles. The molecule has 0 atom stereocenters. The molecule has 7 nitrogen and oxygen atoms in total. The quantitative estimate of drug-likeness (QED) is 0.302. The molecule has 2 aromatic carbocycles. The zero-order valence-electron chi connectivity index (χ0n) is 18.2. The maximum absolute atomic E-state index is 12.7. The Morgan fingerprint density at radius 2 is 1.85 bits per heavy atom. The monoisotopic (exact) mass is 484 g/mol. The van der Waals surface area contributed by atoms with Crippen LogP contribution in [0, 0.1) is 0 Å². The minimum absolute atomic E-state index is 0. The van der Waals surface area contributed by atoms with Crippen LogP contribution in [0.15, 0.2) is 64.5 Å². The number of para-hydroxylation sites is 1. The van der Waals surface area contributed by atoms with Crippen molar-refractivity contribution in [1.82, 2.24) is 14.9 Å². The Labute approximate surface area is 202 Å².